The molecule has 1 aliphatic heterocycles. The standard InChI is InChI=1S/C14H20N6O/c15-14(5-4-6-14)12-16-9-10(17-12)11-18-13(19-21-11)20-7-2-1-3-8-20/h9H,1-8,15H2,(H,16,17). The lowest BCUT2D eigenvalue weighted by Gasteiger charge is -2.35. The Balaban J connectivity index is 1.55. The molecular weight excluding hydrogens is 268 g/mol. The maximum atomic E-state index is 6.27. The first kappa shape index (κ1) is 12.8. The van der Waals surface area contributed by atoms with Gasteiger partial charge in [-0.15, -0.1) is 0 Å². The molecule has 0 bridgehead atoms. The lowest BCUT2D eigenvalue weighted by atomic mass is 9.77. The number of nitrogens with one attached hydrogen (secondary N) is 1. The first-order valence-corrected chi connectivity index (χ1v) is 7.68. The number of nitrogens with zero attached hydrogens (tertiary/aromatic N) is 4. The van der Waals surface area contributed by atoms with Gasteiger partial charge in [-0.3, -0.25) is 0 Å². The molecular formula is C14H20N6O. The first-order chi connectivity index (χ1) is 10.2. The zero-order chi connectivity index (χ0) is 14.3. The minimum absolute atomic E-state index is 0.298. The van der Waals surface area contributed by atoms with E-state index >= 15 is 0 Å². The second kappa shape index (κ2) is 4.84. The average Bonchev–Trinajstić information content (AvgIpc) is 3.14. The molecule has 0 atom stereocenters. The van der Waals surface area contributed by atoms with E-state index in [1.54, 1.807) is 6.20 Å². The first-order valence-electron chi connectivity index (χ1n) is 7.68. The van der Waals surface area contributed by atoms with Crippen LogP contribution in [0, 0.1) is 0 Å². The third-order valence-corrected chi connectivity index (χ3v) is 4.58. The molecule has 0 aromatic carbocycles. The van der Waals surface area contributed by atoms with Crippen LogP contribution in [-0.4, -0.2) is 33.2 Å². The average molecular weight is 288 g/mol. The highest BCUT2D eigenvalue weighted by Gasteiger charge is 2.37. The Morgan fingerprint density at radius 1 is 1.19 bits per heavy atom. The highest BCUT2D eigenvalue weighted by Crippen LogP contribution is 2.37. The highest BCUT2D eigenvalue weighted by atomic mass is 16.5. The minimum Gasteiger partial charge on any atom is -0.338 e. The highest BCUT2D eigenvalue weighted by molar-refractivity contribution is 5.48. The molecule has 1 aliphatic carbocycles. The molecule has 0 spiro atoms. The molecule has 2 aromatic heterocycles. The fourth-order valence-electron chi connectivity index (χ4n) is 3.02. The summed E-state index contributed by atoms with van der Waals surface area (Å²) in [5.74, 6) is 1.98. The molecule has 7 nitrogen and oxygen atoms in total. The second-order valence-electron chi connectivity index (χ2n) is 6.10. The smallest absolute Gasteiger partial charge is 0.277 e. The van der Waals surface area contributed by atoms with Crippen molar-refractivity contribution < 1.29 is 4.52 Å². The summed E-state index contributed by atoms with van der Waals surface area (Å²) in [7, 11) is 0. The van der Waals surface area contributed by atoms with Gasteiger partial charge >= 0.3 is 0 Å². The van der Waals surface area contributed by atoms with Crippen molar-refractivity contribution in [3.05, 3.63) is 12.0 Å². The molecule has 1 saturated carbocycles. The van der Waals surface area contributed by atoms with Crippen LogP contribution < -0.4 is 10.6 Å². The number of rotatable bonds is 3. The lowest BCUT2D eigenvalue weighted by Crippen LogP contribution is -2.44. The van der Waals surface area contributed by atoms with Crippen molar-refractivity contribution in [2.75, 3.05) is 18.0 Å². The van der Waals surface area contributed by atoms with Crippen molar-refractivity contribution in [2.45, 2.75) is 44.1 Å². The topological polar surface area (TPSA) is 96.9 Å². The Hall–Kier alpha value is -1.89. The van der Waals surface area contributed by atoms with E-state index in [2.05, 4.69) is 25.0 Å². The number of aromatic amines is 1. The van der Waals surface area contributed by atoms with Gasteiger partial charge in [0.05, 0.1) is 11.7 Å². The van der Waals surface area contributed by atoms with E-state index in [9.17, 15) is 0 Å². The third-order valence-electron chi connectivity index (χ3n) is 4.58. The molecule has 7 heteroatoms. The van der Waals surface area contributed by atoms with Gasteiger partial charge in [0.15, 0.2) is 0 Å². The molecule has 2 aromatic rings. The fourth-order valence-corrected chi connectivity index (χ4v) is 3.02. The predicted octanol–water partition coefficient (Wildman–Crippen LogP) is 1.79. The van der Waals surface area contributed by atoms with E-state index in [0.29, 0.717) is 11.8 Å². The van der Waals surface area contributed by atoms with Gasteiger partial charge < -0.3 is 20.1 Å². The third kappa shape index (κ3) is 2.21. The molecule has 1 saturated heterocycles. The number of piperidine rings is 1. The van der Waals surface area contributed by atoms with Crippen LogP contribution in [0.15, 0.2) is 10.7 Å². The van der Waals surface area contributed by atoms with Gasteiger partial charge in [0.2, 0.25) is 0 Å². The van der Waals surface area contributed by atoms with Crippen LogP contribution in [0.2, 0.25) is 0 Å². The Labute approximate surface area is 122 Å². The van der Waals surface area contributed by atoms with E-state index < -0.39 is 0 Å². The van der Waals surface area contributed by atoms with Crippen LogP contribution in [-0.2, 0) is 5.54 Å². The van der Waals surface area contributed by atoms with Crippen molar-refractivity contribution >= 4 is 5.95 Å². The molecule has 0 unspecified atom stereocenters. The lowest BCUT2D eigenvalue weighted by molar-refractivity contribution is 0.240. The summed E-state index contributed by atoms with van der Waals surface area (Å²) < 4.78 is 5.37. The number of imidazole rings is 1. The monoisotopic (exact) mass is 288 g/mol. The van der Waals surface area contributed by atoms with E-state index in [1.165, 1.54) is 19.3 Å². The molecule has 21 heavy (non-hydrogen) atoms. The molecule has 3 N–H and O–H groups in total. The largest absolute Gasteiger partial charge is 0.338 e. The number of anilines is 1. The summed E-state index contributed by atoms with van der Waals surface area (Å²) in [4.78, 5) is 14.3. The predicted molar refractivity (Wildman–Crippen MR) is 77.7 cm³/mol. The molecule has 3 heterocycles. The summed E-state index contributed by atoms with van der Waals surface area (Å²) >= 11 is 0. The van der Waals surface area contributed by atoms with Crippen molar-refractivity contribution in [3.8, 4) is 11.6 Å². The van der Waals surface area contributed by atoms with Crippen LogP contribution in [0.5, 0.6) is 0 Å². The fraction of sp³-hybridized carbons (Fsp3) is 0.643. The molecule has 0 amide bonds. The van der Waals surface area contributed by atoms with E-state index in [-0.39, 0.29) is 5.54 Å². The zero-order valence-corrected chi connectivity index (χ0v) is 12.0. The van der Waals surface area contributed by atoms with Gasteiger partial charge in [-0.25, -0.2) is 4.98 Å². The van der Waals surface area contributed by atoms with Crippen molar-refractivity contribution in [1.29, 1.82) is 0 Å². The molecule has 2 fully saturated rings. The summed E-state index contributed by atoms with van der Waals surface area (Å²) in [5.41, 5.74) is 6.72. The van der Waals surface area contributed by atoms with Crippen LogP contribution >= 0.6 is 0 Å². The molecule has 0 radical (unpaired) electrons. The number of H-pyrrole nitrogens is 1. The number of nitrogens with two attached hydrogens (primary N) is 1. The normalized spacial score (nSPS) is 21.3. The Kier molecular flexibility index (Phi) is 2.95. The van der Waals surface area contributed by atoms with E-state index in [0.717, 1.165) is 43.9 Å². The Bertz CT molecular complexity index is 623. The quantitative estimate of drug-likeness (QED) is 0.893. The summed E-state index contributed by atoms with van der Waals surface area (Å²) in [5, 5.41) is 4.08. The van der Waals surface area contributed by atoms with Crippen LogP contribution in [0.4, 0.5) is 5.95 Å². The maximum absolute atomic E-state index is 6.27. The molecule has 2 aliphatic rings. The van der Waals surface area contributed by atoms with Gasteiger partial charge in [-0.2, -0.15) is 4.98 Å². The van der Waals surface area contributed by atoms with Crippen molar-refractivity contribution in [2.24, 2.45) is 5.73 Å². The number of aromatic nitrogens is 4. The summed E-state index contributed by atoms with van der Waals surface area (Å²) in [6, 6.07) is 0. The zero-order valence-electron chi connectivity index (χ0n) is 12.0. The number of hydrogen-bond acceptors (Lipinski definition) is 6. The van der Waals surface area contributed by atoms with Gasteiger partial charge in [-0.1, -0.05) is 0 Å². The van der Waals surface area contributed by atoms with Gasteiger partial charge in [0.25, 0.3) is 11.8 Å². The molecule has 112 valence electrons. The van der Waals surface area contributed by atoms with E-state index in [1.807, 2.05) is 0 Å². The summed E-state index contributed by atoms with van der Waals surface area (Å²) in [6.45, 7) is 2.00. The Morgan fingerprint density at radius 3 is 2.71 bits per heavy atom. The summed E-state index contributed by atoms with van der Waals surface area (Å²) in [6.07, 6.45) is 8.50. The maximum Gasteiger partial charge on any atom is 0.277 e. The van der Waals surface area contributed by atoms with Crippen LogP contribution in [0.1, 0.15) is 44.3 Å². The van der Waals surface area contributed by atoms with Gasteiger partial charge in [0.1, 0.15) is 11.5 Å². The van der Waals surface area contributed by atoms with Crippen molar-refractivity contribution in [3.63, 3.8) is 0 Å². The molecule has 4 rings (SSSR count). The minimum atomic E-state index is -0.298. The second-order valence-corrected chi connectivity index (χ2v) is 6.10. The number of hydrogen-bond donors (Lipinski definition) is 2. The SMILES string of the molecule is NC1(c2ncc(-c3nc(N4CCCCC4)no3)[nH]2)CCC1. The van der Waals surface area contributed by atoms with Crippen LogP contribution in [0.25, 0.3) is 11.6 Å². The van der Waals surface area contributed by atoms with E-state index in [4.69, 9.17) is 10.3 Å². The van der Waals surface area contributed by atoms with Gasteiger partial charge in [-0.05, 0) is 43.7 Å². The van der Waals surface area contributed by atoms with Crippen LogP contribution in [0.3, 0.4) is 0 Å². The van der Waals surface area contributed by atoms with Crippen molar-refractivity contribution in [1.82, 2.24) is 20.1 Å². The Morgan fingerprint density at radius 2 is 2.00 bits per heavy atom. The van der Waals surface area contributed by atoms with Gasteiger partial charge in [0, 0.05) is 13.1 Å².